The minimum Gasteiger partial charge on any atom is -0.337 e. The average molecular weight is 385 g/mol. The van der Waals surface area contributed by atoms with Crippen LogP contribution >= 0.6 is 0 Å². The summed E-state index contributed by atoms with van der Waals surface area (Å²) in [5, 5.41) is 7.49. The SMILES string of the molecule is Cc1cccn2cc(C(=O)N3CCC[C@@H](c4[nH]ncc4-c4ccccc4)C3)nc12. The molecule has 1 amide bonds. The lowest BCUT2D eigenvalue weighted by Gasteiger charge is -2.32. The quantitative estimate of drug-likeness (QED) is 0.578. The number of carbonyl (C=O) groups excluding carboxylic acids is 1. The predicted octanol–water partition coefficient (Wildman–Crippen LogP) is 4.05. The Kier molecular flexibility index (Phi) is 4.39. The number of rotatable bonds is 3. The molecule has 5 rings (SSSR count). The number of pyridine rings is 1. The number of amides is 1. The highest BCUT2D eigenvalue weighted by Crippen LogP contribution is 2.33. The Hall–Kier alpha value is -3.41. The van der Waals surface area contributed by atoms with Gasteiger partial charge in [-0.3, -0.25) is 9.89 Å². The molecule has 1 aromatic carbocycles. The zero-order valence-electron chi connectivity index (χ0n) is 16.4. The van der Waals surface area contributed by atoms with Gasteiger partial charge in [-0.15, -0.1) is 0 Å². The van der Waals surface area contributed by atoms with Crippen molar-refractivity contribution >= 4 is 11.6 Å². The van der Waals surface area contributed by atoms with Crippen molar-refractivity contribution in [2.75, 3.05) is 13.1 Å². The van der Waals surface area contributed by atoms with Crippen LogP contribution in [0.15, 0.2) is 61.1 Å². The van der Waals surface area contributed by atoms with Crippen molar-refractivity contribution in [3.05, 3.63) is 78.0 Å². The van der Waals surface area contributed by atoms with Gasteiger partial charge in [0.15, 0.2) is 0 Å². The van der Waals surface area contributed by atoms with Crippen molar-refractivity contribution in [2.24, 2.45) is 0 Å². The van der Waals surface area contributed by atoms with Crippen LogP contribution in [0, 0.1) is 6.92 Å². The Labute approximate surface area is 169 Å². The second-order valence-electron chi connectivity index (χ2n) is 7.70. The number of H-pyrrole nitrogens is 1. The molecule has 1 N–H and O–H groups in total. The molecular formula is C23H23N5O. The molecule has 0 unspecified atom stereocenters. The first-order valence-electron chi connectivity index (χ1n) is 10.0. The van der Waals surface area contributed by atoms with Gasteiger partial charge in [0, 0.05) is 42.7 Å². The minimum absolute atomic E-state index is 0.00132. The molecule has 6 heteroatoms. The molecule has 1 fully saturated rings. The number of aromatic amines is 1. The third kappa shape index (κ3) is 3.20. The van der Waals surface area contributed by atoms with Crippen LogP contribution in [0.25, 0.3) is 16.8 Å². The summed E-state index contributed by atoms with van der Waals surface area (Å²) in [7, 11) is 0. The van der Waals surface area contributed by atoms with E-state index in [2.05, 4.69) is 27.3 Å². The molecule has 1 saturated heterocycles. The number of benzene rings is 1. The third-order valence-electron chi connectivity index (χ3n) is 5.77. The van der Waals surface area contributed by atoms with Crippen molar-refractivity contribution in [1.29, 1.82) is 0 Å². The number of aryl methyl sites for hydroxylation is 1. The fourth-order valence-corrected chi connectivity index (χ4v) is 4.27. The zero-order valence-corrected chi connectivity index (χ0v) is 16.4. The molecule has 0 bridgehead atoms. The van der Waals surface area contributed by atoms with E-state index in [1.807, 2.05) is 65.1 Å². The fraction of sp³-hybridized carbons (Fsp3) is 0.261. The lowest BCUT2D eigenvalue weighted by atomic mass is 9.90. The Morgan fingerprint density at radius 2 is 2.03 bits per heavy atom. The Morgan fingerprint density at radius 1 is 1.17 bits per heavy atom. The van der Waals surface area contributed by atoms with Gasteiger partial charge >= 0.3 is 0 Å². The van der Waals surface area contributed by atoms with Crippen LogP contribution < -0.4 is 0 Å². The van der Waals surface area contributed by atoms with E-state index in [4.69, 9.17) is 0 Å². The van der Waals surface area contributed by atoms with E-state index < -0.39 is 0 Å². The number of hydrogen-bond donors (Lipinski definition) is 1. The van der Waals surface area contributed by atoms with Gasteiger partial charge in [0.25, 0.3) is 5.91 Å². The molecule has 146 valence electrons. The maximum atomic E-state index is 13.2. The van der Waals surface area contributed by atoms with Crippen LogP contribution in [-0.2, 0) is 0 Å². The molecule has 0 saturated carbocycles. The van der Waals surface area contributed by atoms with Crippen LogP contribution in [0.2, 0.25) is 0 Å². The van der Waals surface area contributed by atoms with Crippen molar-refractivity contribution in [3.8, 4) is 11.1 Å². The normalized spacial score (nSPS) is 17.0. The van der Waals surface area contributed by atoms with E-state index in [-0.39, 0.29) is 11.8 Å². The topological polar surface area (TPSA) is 66.3 Å². The van der Waals surface area contributed by atoms with Crippen LogP contribution in [0.5, 0.6) is 0 Å². The fourth-order valence-electron chi connectivity index (χ4n) is 4.27. The number of likely N-dealkylation sites (tertiary alicyclic amines) is 1. The summed E-state index contributed by atoms with van der Waals surface area (Å²) in [5.74, 6) is 0.239. The molecule has 0 radical (unpaired) electrons. The molecular weight excluding hydrogens is 362 g/mol. The number of aromatic nitrogens is 4. The average Bonchev–Trinajstić information content (AvgIpc) is 3.42. The summed E-state index contributed by atoms with van der Waals surface area (Å²) < 4.78 is 1.92. The van der Waals surface area contributed by atoms with Crippen LogP contribution in [0.3, 0.4) is 0 Å². The smallest absolute Gasteiger partial charge is 0.274 e. The molecule has 3 aromatic heterocycles. The lowest BCUT2D eigenvalue weighted by Crippen LogP contribution is -2.39. The first-order chi connectivity index (χ1) is 14.2. The van der Waals surface area contributed by atoms with Crippen LogP contribution in [0.4, 0.5) is 0 Å². The number of fused-ring (bicyclic) bond motifs is 1. The van der Waals surface area contributed by atoms with E-state index in [0.717, 1.165) is 47.4 Å². The second kappa shape index (κ2) is 7.20. The molecule has 4 heterocycles. The van der Waals surface area contributed by atoms with Crippen LogP contribution in [0.1, 0.15) is 40.5 Å². The van der Waals surface area contributed by atoms with Gasteiger partial charge in [-0.05, 0) is 37.0 Å². The zero-order chi connectivity index (χ0) is 19.8. The van der Waals surface area contributed by atoms with E-state index in [1.54, 1.807) is 0 Å². The maximum Gasteiger partial charge on any atom is 0.274 e. The first-order valence-corrected chi connectivity index (χ1v) is 10.0. The first kappa shape index (κ1) is 17.7. The maximum absolute atomic E-state index is 13.2. The largest absolute Gasteiger partial charge is 0.337 e. The lowest BCUT2D eigenvalue weighted by molar-refractivity contribution is 0.0700. The highest BCUT2D eigenvalue weighted by atomic mass is 16.2. The Balaban J connectivity index is 1.40. The van der Waals surface area contributed by atoms with Gasteiger partial charge in [-0.2, -0.15) is 5.10 Å². The number of nitrogens with one attached hydrogen (secondary N) is 1. The molecule has 1 aliphatic rings. The van der Waals surface area contributed by atoms with Gasteiger partial charge in [0.1, 0.15) is 11.3 Å². The van der Waals surface area contributed by atoms with Crippen molar-refractivity contribution < 1.29 is 4.79 Å². The van der Waals surface area contributed by atoms with E-state index >= 15 is 0 Å². The van der Waals surface area contributed by atoms with Gasteiger partial charge < -0.3 is 9.30 Å². The molecule has 4 aromatic rings. The van der Waals surface area contributed by atoms with E-state index in [0.29, 0.717) is 12.2 Å². The highest BCUT2D eigenvalue weighted by Gasteiger charge is 2.29. The van der Waals surface area contributed by atoms with Gasteiger partial charge in [-0.1, -0.05) is 36.4 Å². The van der Waals surface area contributed by atoms with E-state index in [9.17, 15) is 4.79 Å². The number of hydrogen-bond acceptors (Lipinski definition) is 3. The summed E-state index contributed by atoms with van der Waals surface area (Å²) in [6, 6.07) is 14.3. The standard InChI is InChI=1S/C23H23N5O/c1-16-7-5-11-27-15-20(25-22(16)27)23(29)28-12-6-10-18(14-28)21-19(13-24-26-21)17-8-3-2-4-9-17/h2-5,7-9,11,13,15,18H,6,10,12,14H2,1H3,(H,24,26)/t18-/m1/s1. The summed E-state index contributed by atoms with van der Waals surface area (Å²) >= 11 is 0. The Bertz CT molecular complexity index is 1160. The summed E-state index contributed by atoms with van der Waals surface area (Å²) in [5.41, 5.74) is 5.79. The van der Waals surface area contributed by atoms with E-state index in [1.165, 1.54) is 0 Å². The summed E-state index contributed by atoms with van der Waals surface area (Å²) in [6.45, 7) is 3.45. The monoisotopic (exact) mass is 385 g/mol. The van der Waals surface area contributed by atoms with Gasteiger partial charge in [0.05, 0.1) is 6.20 Å². The number of imidazole rings is 1. The summed E-state index contributed by atoms with van der Waals surface area (Å²) in [6.07, 6.45) is 7.66. The molecule has 0 aliphatic carbocycles. The van der Waals surface area contributed by atoms with Crippen molar-refractivity contribution in [1.82, 2.24) is 24.5 Å². The van der Waals surface area contributed by atoms with Crippen molar-refractivity contribution in [2.45, 2.75) is 25.7 Å². The van der Waals surface area contributed by atoms with Crippen LogP contribution in [-0.4, -0.2) is 43.5 Å². The van der Waals surface area contributed by atoms with Crippen molar-refractivity contribution in [3.63, 3.8) is 0 Å². The van der Waals surface area contributed by atoms with Gasteiger partial charge in [-0.25, -0.2) is 4.98 Å². The Morgan fingerprint density at radius 3 is 2.86 bits per heavy atom. The molecule has 1 atom stereocenters. The number of carbonyl (C=O) groups is 1. The third-order valence-corrected chi connectivity index (χ3v) is 5.77. The number of nitrogens with zero attached hydrogens (tertiary/aromatic N) is 4. The molecule has 1 aliphatic heterocycles. The molecule has 6 nitrogen and oxygen atoms in total. The predicted molar refractivity (Wildman–Crippen MR) is 112 cm³/mol. The summed E-state index contributed by atoms with van der Waals surface area (Å²) in [4.78, 5) is 19.7. The minimum atomic E-state index is -0.00132. The molecule has 29 heavy (non-hydrogen) atoms. The second-order valence-corrected chi connectivity index (χ2v) is 7.70. The number of piperidine rings is 1. The molecule has 0 spiro atoms. The highest BCUT2D eigenvalue weighted by molar-refractivity contribution is 5.93. The van der Waals surface area contributed by atoms with Gasteiger partial charge in [0.2, 0.25) is 0 Å².